The molecule has 2 aromatic carbocycles. The van der Waals surface area contributed by atoms with Crippen molar-refractivity contribution in [2.45, 2.75) is 32.7 Å². The Morgan fingerprint density at radius 1 is 1.04 bits per heavy atom. The number of nitrogens with zero attached hydrogens (tertiary/aromatic N) is 1. The monoisotopic (exact) mass is 335 g/mol. The van der Waals surface area contributed by atoms with Gasteiger partial charge in [0.1, 0.15) is 5.75 Å². The number of methoxy groups -OCH3 is 1. The van der Waals surface area contributed by atoms with Crippen molar-refractivity contribution in [3.8, 4) is 17.0 Å². The first-order valence-electron chi connectivity index (χ1n) is 8.98. The van der Waals surface area contributed by atoms with Crippen molar-refractivity contribution in [2.75, 3.05) is 19.5 Å². The Morgan fingerprint density at radius 2 is 1.80 bits per heavy atom. The zero-order valence-electron chi connectivity index (χ0n) is 15.5. The van der Waals surface area contributed by atoms with Gasteiger partial charge in [0.2, 0.25) is 11.2 Å². The molecule has 0 amide bonds. The number of nitrogens with one attached hydrogen (secondary N) is 1. The smallest absolute Gasteiger partial charge is 0.213 e. The fourth-order valence-electron chi connectivity index (χ4n) is 3.46. The first-order chi connectivity index (χ1) is 12.2. The third kappa shape index (κ3) is 3.46. The topological polar surface area (TPSA) is 25.1 Å². The van der Waals surface area contributed by atoms with Crippen LogP contribution in [-0.2, 0) is 0 Å². The summed E-state index contributed by atoms with van der Waals surface area (Å²) in [5.74, 6) is 0.897. The molecular weight excluding hydrogens is 308 g/mol. The normalized spacial score (nSPS) is 12.2. The van der Waals surface area contributed by atoms with Gasteiger partial charge in [-0.2, -0.15) is 4.57 Å². The Bertz CT molecular complexity index is 856. The van der Waals surface area contributed by atoms with E-state index < -0.39 is 0 Å². The first-order valence-corrected chi connectivity index (χ1v) is 8.98. The molecule has 0 radical (unpaired) electrons. The van der Waals surface area contributed by atoms with Gasteiger partial charge in [-0.3, -0.25) is 0 Å². The van der Waals surface area contributed by atoms with E-state index in [-0.39, 0.29) is 0 Å². The van der Waals surface area contributed by atoms with Crippen molar-refractivity contribution in [1.82, 2.24) is 0 Å². The second-order valence-corrected chi connectivity index (χ2v) is 6.48. The van der Waals surface area contributed by atoms with Crippen molar-refractivity contribution >= 4 is 16.6 Å². The Labute approximate surface area is 150 Å². The van der Waals surface area contributed by atoms with Crippen LogP contribution in [0.5, 0.6) is 5.75 Å². The molecule has 0 aliphatic rings. The maximum atomic E-state index is 5.39. The third-order valence-electron chi connectivity index (χ3n) is 4.79. The molecule has 1 aromatic heterocycles. The Kier molecular flexibility index (Phi) is 5.22. The summed E-state index contributed by atoms with van der Waals surface area (Å²) in [5.41, 5.74) is 4.86. The molecule has 130 valence electrons. The van der Waals surface area contributed by atoms with Crippen molar-refractivity contribution in [2.24, 2.45) is 0 Å². The highest BCUT2D eigenvalue weighted by atomic mass is 16.5. The van der Waals surface area contributed by atoms with Crippen molar-refractivity contribution < 1.29 is 9.30 Å². The lowest BCUT2D eigenvalue weighted by Gasteiger charge is -2.14. The number of benzene rings is 2. The predicted molar refractivity (Wildman–Crippen MR) is 105 cm³/mol. The Balaban J connectivity index is 2.20. The van der Waals surface area contributed by atoms with E-state index >= 15 is 0 Å². The number of rotatable bonds is 6. The second kappa shape index (κ2) is 7.56. The fourth-order valence-corrected chi connectivity index (χ4v) is 3.46. The zero-order valence-corrected chi connectivity index (χ0v) is 15.5. The largest absolute Gasteiger partial charge is 0.497 e. The van der Waals surface area contributed by atoms with Crippen LogP contribution in [0.4, 0.5) is 5.69 Å². The molecule has 0 aliphatic heterocycles. The van der Waals surface area contributed by atoms with Gasteiger partial charge in [0.05, 0.1) is 12.5 Å². The van der Waals surface area contributed by atoms with Crippen LogP contribution in [-0.4, -0.2) is 14.2 Å². The molecule has 25 heavy (non-hydrogen) atoms. The molecule has 3 aromatic rings. The van der Waals surface area contributed by atoms with Crippen molar-refractivity contribution in [1.29, 1.82) is 0 Å². The highest BCUT2D eigenvalue weighted by Crippen LogP contribution is 2.26. The molecule has 1 heterocycles. The number of fused-ring (bicyclic) bond motifs is 1. The number of ether oxygens (including phenoxy) is 1. The lowest BCUT2D eigenvalue weighted by molar-refractivity contribution is -0.685. The molecule has 3 heteroatoms. The summed E-state index contributed by atoms with van der Waals surface area (Å²) >= 11 is 0. The minimum Gasteiger partial charge on any atom is -0.497 e. The van der Waals surface area contributed by atoms with Gasteiger partial charge in [0.15, 0.2) is 6.04 Å². The van der Waals surface area contributed by atoms with E-state index in [4.69, 9.17) is 4.74 Å². The molecular formula is C22H27N2O+. The molecule has 1 atom stereocenters. The summed E-state index contributed by atoms with van der Waals surface area (Å²) in [6.45, 7) is 4.55. The summed E-state index contributed by atoms with van der Waals surface area (Å²) in [6.07, 6.45) is 2.32. The summed E-state index contributed by atoms with van der Waals surface area (Å²) < 4.78 is 7.86. The molecule has 0 bridgehead atoms. The minimum absolute atomic E-state index is 0.432. The van der Waals surface area contributed by atoms with E-state index in [2.05, 4.69) is 72.3 Å². The quantitative estimate of drug-likeness (QED) is 0.626. The van der Waals surface area contributed by atoms with Crippen LogP contribution in [0.25, 0.3) is 22.2 Å². The van der Waals surface area contributed by atoms with Crippen LogP contribution < -0.4 is 14.6 Å². The zero-order chi connectivity index (χ0) is 17.8. The van der Waals surface area contributed by atoms with Gasteiger partial charge in [0.25, 0.3) is 0 Å². The molecule has 0 spiro atoms. The van der Waals surface area contributed by atoms with Crippen LogP contribution in [0.2, 0.25) is 0 Å². The SMILES string of the molecule is CCCC(C)[n+]1c(-c2ccc(NC)cc2)ccc2cc(OC)ccc21. The highest BCUT2D eigenvalue weighted by molar-refractivity contribution is 5.79. The van der Waals surface area contributed by atoms with Crippen LogP contribution in [0.3, 0.4) is 0 Å². The maximum absolute atomic E-state index is 5.39. The van der Waals surface area contributed by atoms with Crippen LogP contribution in [0.1, 0.15) is 32.7 Å². The second-order valence-electron chi connectivity index (χ2n) is 6.48. The molecule has 3 nitrogen and oxygen atoms in total. The van der Waals surface area contributed by atoms with Gasteiger partial charge in [-0.15, -0.1) is 0 Å². The van der Waals surface area contributed by atoms with Gasteiger partial charge in [-0.05, 0) is 55.8 Å². The molecule has 0 saturated carbocycles. The summed E-state index contributed by atoms with van der Waals surface area (Å²) in [7, 11) is 3.66. The third-order valence-corrected chi connectivity index (χ3v) is 4.79. The lowest BCUT2D eigenvalue weighted by atomic mass is 10.0. The van der Waals surface area contributed by atoms with E-state index in [9.17, 15) is 0 Å². The van der Waals surface area contributed by atoms with Gasteiger partial charge < -0.3 is 10.1 Å². The predicted octanol–water partition coefficient (Wildman–Crippen LogP) is 5.21. The fraction of sp³-hybridized carbons (Fsp3) is 0.318. The van der Waals surface area contributed by atoms with Crippen molar-refractivity contribution in [3.63, 3.8) is 0 Å². The highest BCUT2D eigenvalue weighted by Gasteiger charge is 2.23. The molecule has 0 fully saturated rings. The lowest BCUT2D eigenvalue weighted by Crippen LogP contribution is -2.41. The summed E-state index contributed by atoms with van der Waals surface area (Å²) in [5, 5.41) is 4.39. The minimum atomic E-state index is 0.432. The van der Waals surface area contributed by atoms with Gasteiger partial charge >= 0.3 is 0 Å². The van der Waals surface area contributed by atoms with Crippen LogP contribution in [0.15, 0.2) is 54.6 Å². The van der Waals surface area contributed by atoms with Gasteiger partial charge in [0, 0.05) is 36.9 Å². The van der Waals surface area contributed by atoms with E-state index in [1.165, 1.54) is 28.6 Å². The van der Waals surface area contributed by atoms with E-state index in [1.54, 1.807) is 7.11 Å². The number of hydrogen-bond donors (Lipinski definition) is 1. The molecule has 1 N–H and O–H groups in total. The van der Waals surface area contributed by atoms with E-state index in [0.29, 0.717) is 6.04 Å². The van der Waals surface area contributed by atoms with Crippen molar-refractivity contribution in [3.05, 3.63) is 54.6 Å². The maximum Gasteiger partial charge on any atom is 0.213 e. The van der Waals surface area contributed by atoms with Crippen LogP contribution >= 0.6 is 0 Å². The standard InChI is InChI=1S/C22H26N2O/c1-5-6-16(2)24-21(17-7-10-19(23-3)11-8-17)13-9-18-15-20(25-4)12-14-22(18)24/h7-16H,5-6H2,1-4H3/p+1. The number of pyridine rings is 1. The first kappa shape index (κ1) is 17.3. The number of anilines is 1. The van der Waals surface area contributed by atoms with Gasteiger partial charge in [-0.1, -0.05) is 6.92 Å². The van der Waals surface area contributed by atoms with E-state index in [1.807, 2.05) is 13.1 Å². The average molecular weight is 335 g/mol. The Morgan fingerprint density at radius 3 is 2.44 bits per heavy atom. The summed E-state index contributed by atoms with van der Waals surface area (Å²) in [6, 6.07) is 19.8. The number of hydrogen-bond acceptors (Lipinski definition) is 2. The molecule has 1 unspecified atom stereocenters. The van der Waals surface area contributed by atoms with Crippen LogP contribution in [0, 0.1) is 0 Å². The Hall–Kier alpha value is -2.55. The average Bonchev–Trinajstić information content (AvgIpc) is 2.66. The number of aromatic nitrogens is 1. The molecule has 0 aliphatic carbocycles. The molecule has 3 rings (SSSR count). The molecule has 0 saturated heterocycles. The van der Waals surface area contributed by atoms with Gasteiger partial charge in [-0.25, -0.2) is 0 Å². The summed E-state index contributed by atoms with van der Waals surface area (Å²) in [4.78, 5) is 0. The van der Waals surface area contributed by atoms with E-state index in [0.717, 1.165) is 17.9 Å².